The lowest BCUT2D eigenvalue weighted by molar-refractivity contribution is 0.0135. The van der Waals surface area contributed by atoms with Crippen LogP contribution in [-0.2, 0) is 24.1 Å². The first kappa shape index (κ1) is 18.0. The van der Waals surface area contributed by atoms with E-state index in [0.717, 1.165) is 83.7 Å². The Kier molecular flexibility index (Phi) is 5.32. The number of fused-ring (bicyclic) bond motifs is 1. The molecule has 3 aliphatic rings. The molecule has 4 rings (SSSR count). The number of ether oxygens (including phenoxy) is 1. The number of rotatable bonds is 4. The lowest BCUT2D eigenvalue weighted by atomic mass is 9.89. The van der Waals surface area contributed by atoms with E-state index < -0.39 is 0 Å². The van der Waals surface area contributed by atoms with Gasteiger partial charge in [-0.2, -0.15) is 5.10 Å². The van der Waals surface area contributed by atoms with Gasteiger partial charge in [0.1, 0.15) is 0 Å². The van der Waals surface area contributed by atoms with E-state index in [1.54, 1.807) is 0 Å². The molecule has 0 bridgehead atoms. The Morgan fingerprint density at radius 2 is 1.92 bits per heavy atom. The molecule has 2 saturated heterocycles. The van der Waals surface area contributed by atoms with Gasteiger partial charge in [-0.3, -0.25) is 14.4 Å². The first-order chi connectivity index (χ1) is 12.6. The summed E-state index contributed by atoms with van der Waals surface area (Å²) in [6, 6.07) is 0.522. The van der Waals surface area contributed by atoms with Crippen LogP contribution in [0.3, 0.4) is 0 Å². The highest BCUT2D eigenvalue weighted by atomic mass is 16.5. The Labute approximate surface area is 156 Å². The number of hydrogen-bond donors (Lipinski definition) is 0. The van der Waals surface area contributed by atoms with Crippen LogP contribution in [-0.4, -0.2) is 70.9 Å². The van der Waals surface area contributed by atoms with Crippen molar-refractivity contribution < 1.29 is 9.53 Å². The molecule has 2 aliphatic heterocycles. The van der Waals surface area contributed by atoms with Gasteiger partial charge in [0.05, 0.1) is 13.2 Å². The Balaban J connectivity index is 1.61. The maximum Gasteiger partial charge on any atom is 0.274 e. The molecule has 0 spiro atoms. The van der Waals surface area contributed by atoms with Crippen LogP contribution in [0.5, 0.6) is 0 Å². The third-order valence-electron chi connectivity index (χ3n) is 6.02. The maximum atomic E-state index is 13.1. The minimum absolute atomic E-state index is 0.156. The summed E-state index contributed by atoms with van der Waals surface area (Å²) >= 11 is 0. The van der Waals surface area contributed by atoms with Crippen LogP contribution in [0.15, 0.2) is 0 Å². The van der Waals surface area contributed by atoms with Crippen molar-refractivity contribution in [1.82, 2.24) is 19.6 Å². The number of amides is 1. The first-order valence-corrected chi connectivity index (χ1v) is 10.3. The van der Waals surface area contributed by atoms with Crippen LogP contribution in [0.2, 0.25) is 0 Å². The summed E-state index contributed by atoms with van der Waals surface area (Å²) < 4.78 is 7.66. The molecule has 144 valence electrons. The van der Waals surface area contributed by atoms with E-state index in [1.165, 1.54) is 11.3 Å². The molecule has 1 aromatic heterocycles. The Morgan fingerprint density at radius 1 is 1.19 bits per heavy atom. The third-order valence-corrected chi connectivity index (χ3v) is 6.02. The molecule has 1 aromatic rings. The second kappa shape index (κ2) is 7.69. The largest absolute Gasteiger partial charge is 0.379 e. The summed E-state index contributed by atoms with van der Waals surface area (Å²) in [6.07, 6.45) is 5.40. The first-order valence-electron chi connectivity index (χ1n) is 10.3. The van der Waals surface area contributed by atoms with Crippen LogP contribution in [0.25, 0.3) is 0 Å². The van der Waals surface area contributed by atoms with Crippen molar-refractivity contribution in [2.24, 2.45) is 5.92 Å². The van der Waals surface area contributed by atoms with E-state index in [9.17, 15) is 4.79 Å². The predicted molar refractivity (Wildman–Crippen MR) is 100 cm³/mol. The van der Waals surface area contributed by atoms with Crippen molar-refractivity contribution in [1.29, 1.82) is 0 Å². The Bertz CT molecular complexity index is 642. The van der Waals surface area contributed by atoms with Gasteiger partial charge in [0.2, 0.25) is 0 Å². The molecule has 0 unspecified atom stereocenters. The lowest BCUT2D eigenvalue weighted by Gasteiger charge is -2.37. The fourth-order valence-corrected chi connectivity index (χ4v) is 4.66. The summed E-state index contributed by atoms with van der Waals surface area (Å²) in [5.74, 6) is 0.689. The highest BCUT2D eigenvalue weighted by Gasteiger charge is 2.34. The summed E-state index contributed by atoms with van der Waals surface area (Å²) in [5, 5.41) is 4.84. The second-order valence-electron chi connectivity index (χ2n) is 8.39. The van der Waals surface area contributed by atoms with Crippen molar-refractivity contribution in [3.8, 4) is 0 Å². The van der Waals surface area contributed by atoms with E-state index in [1.807, 2.05) is 4.90 Å². The van der Waals surface area contributed by atoms with Crippen LogP contribution in [0.1, 0.15) is 54.9 Å². The molecule has 0 N–H and O–H groups in total. The van der Waals surface area contributed by atoms with Crippen molar-refractivity contribution >= 4 is 5.91 Å². The molecule has 0 aromatic carbocycles. The van der Waals surface area contributed by atoms with Crippen LogP contribution >= 0.6 is 0 Å². The van der Waals surface area contributed by atoms with E-state index in [0.29, 0.717) is 12.0 Å². The zero-order valence-electron chi connectivity index (χ0n) is 16.2. The van der Waals surface area contributed by atoms with Crippen LogP contribution in [0, 0.1) is 5.92 Å². The number of aromatic nitrogens is 2. The minimum atomic E-state index is 0.156. The Morgan fingerprint density at radius 3 is 2.62 bits per heavy atom. The molecular weight excluding hydrogens is 328 g/mol. The fourth-order valence-electron chi connectivity index (χ4n) is 4.66. The van der Waals surface area contributed by atoms with E-state index in [2.05, 4.69) is 23.4 Å². The number of carbonyl (C=O) groups is 1. The molecule has 0 radical (unpaired) electrons. The zero-order chi connectivity index (χ0) is 18.1. The highest BCUT2D eigenvalue weighted by molar-refractivity contribution is 5.94. The summed E-state index contributed by atoms with van der Waals surface area (Å²) in [5.41, 5.74) is 3.27. The van der Waals surface area contributed by atoms with Crippen LogP contribution < -0.4 is 0 Å². The summed E-state index contributed by atoms with van der Waals surface area (Å²) in [7, 11) is 0. The molecule has 6 heteroatoms. The normalized spacial score (nSPS) is 24.3. The quantitative estimate of drug-likeness (QED) is 0.824. The summed E-state index contributed by atoms with van der Waals surface area (Å²) in [4.78, 5) is 17.7. The third kappa shape index (κ3) is 3.54. The molecule has 6 nitrogen and oxygen atoms in total. The topological polar surface area (TPSA) is 50.6 Å². The molecule has 0 saturated carbocycles. The smallest absolute Gasteiger partial charge is 0.274 e. The second-order valence-corrected chi connectivity index (χ2v) is 8.39. The fraction of sp³-hybridized carbons (Fsp3) is 0.800. The average Bonchev–Trinajstić information content (AvgIpc) is 3.30. The van der Waals surface area contributed by atoms with Crippen molar-refractivity contribution in [3.63, 3.8) is 0 Å². The van der Waals surface area contributed by atoms with Gasteiger partial charge in [0.15, 0.2) is 5.69 Å². The molecule has 3 heterocycles. The van der Waals surface area contributed by atoms with E-state index >= 15 is 0 Å². The number of nitrogens with zero attached hydrogens (tertiary/aromatic N) is 4. The predicted octanol–water partition coefficient (Wildman–Crippen LogP) is 1.96. The van der Waals surface area contributed by atoms with Crippen LogP contribution in [0.4, 0.5) is 0 Å². The highest BCUT2D eigenvalue weighted by Crippen LogP contribution is 2.29. The van der Waals surface area contributed by atoms with Crippen molar-refractivity contribution in [3.05, 3.63) is 17.0 Å². The number of carbonyl (C=O) groups excluding carboxylic acids is 1. The van der Waals surface area contributed by atoms with Gasteiger partial charge in [0, 0.05) is 50.0 Å². The summed E-state index contributed by atoms with van der Waals surface area (Å²) in [6.45, 7) is 10.8. The van der Waals surface area contributed by atoms with Gasteiger partial charge in [-0.05, 0) is 38.0 Å². The number of morpholine rings is 1. The minimum Gasteiger partial charge on any atom is -0.379 e. The number of likely N-dealkylation sites (tertiary alicyclic amines) is 1. The standard InChI is InChI=1S/C20H32N4O2/c1-15(2)14-24-18-6-5-16(22-9-11-26-12-10-22)13-17(18)19(21-24)20(25)23-7-3-4-8-23/h15-16H,3-14H2,1-2H3/t16-/m1/s1. The molecule has 2 fully saturated rings. The lowest BCUT2D eigenvalue weighted by Crippen LogP contribution is -2.46. The van der Waals surface area contributed by atoms with E-state index in [-0.39, 0.29) is 5.91 Å². The molecule has 1 aliphatic carbocycles. The van der Waals surface area contributed by atoms with Crippen molar-refractivity contribution in [2.75, 3.05) is 39.4 Å². The van der Waals surface area contributed by atoms with Gasteiger partial charge in [-0.15, -0.1) is 0 Å². The van der Waals surface area contributed by atoms with Gasteiger partial charge in [-0.1, -0.05) is 13.8 Å². The Hall–Kier alpha value is -1.40. The molecule has 1 atom stereocenters. The maximum absolute atomic E-state index is 13.1. The molecule has 1 amide bonds. The van der Waals surface area contributed by atoms with Gasteiger partial charge in [-0.25, -0.2) is 0 Å². The van der Waals surface area contributed by atoms with Gasteiger partial charge in [0.25, 0.3) is 5.91 Å². The van der Waals surface area contributed by atoms with Crippen molar-refractivity contribution in [2.45, 2.75) is 58.5 Å². The molecular formula is C20H32N4O2. The average molecular weight is 361 g/mol. The number of hydrogen-bond acceptors (Lipinski definition) is 4. The monoisotopic (exact) mass is 360 g/mol. The van der Waals surface area contributed by atoms with Gasteiger partial charge >= 0.3 is 0 Å². The SMILES string of the molecule is CC(C)Cn1nc(C(=O)N2CCCC2)c2c1CC[C@@H](N1CCOCC1)C2. The zero-order valence-corrected chi connectivity index (χ0v) is 16.2. The molecule has 26 heavy (non-hydrogen) atoms. The van der Waals surface area contributed by atoms with E-state index in [4.69, 9.17) is 9.84 Å². The van der Waals surface area contributed by atoms with Gasteiger partial charge < -0.3 is 9.64 Å².